The van der Waals surface area contributed by atoms with Crippen molar-refractivity contribution in [2.24, 2.45) is 0 Å². The zero-order valence-electron chi connectivity index (χ0n) is 21.6. The van der Waals surface area contributed by atoms with E-state index in [1.807, 2.05) is 32.1 Å². The highest BCUT2D eigenvalue weighted by Crippen LogP contribution is 2.43. The van der Waals surface area contributed by atoms with Crippen molar-refractivity contribution in [1.82, 2.24) is 9.80 Å². The quantitative estimate of drug-likeness (QED) is 0.123. The van der Waals surface area contributed by atoms with Crippen LogP contribution >= 0.6 is 34.9 Å². The lowest BCUT2D eigenvalue weighted by molar-refractivity contribution is -0.133. The van der Waals surface area contributed by atoms with Crippen LogP contribution in [0.15, 0.2) is 103 Å². The lowest BCUT2D eigenvalue weighted by Crippen LogP contribution is -2.55. The van der Waals surface area contributed by atoms with Crippen molar-refractivity contribution in [3.05, 3.63) is 108 Å². The summed E-state index contributed by atoms with van der Waals surface area (Å²) in [5.41, 5.74) is 2.34. The van der Waals surface area contributed by atoms with E-state index in [0.717, 1.165) is 26.1 Å². The van der Waals surface area contributed by atoms with E-state index in [2.05, 4.69) is 77.7 Å². The molecule has 0 aliphatic carbocycles. The van der Waals surface area contributed by atoms with Gasteiger partial charge in [0.05, 0.1) is 0 Å². The molecule has 0 bridgehead atoms. The van der Waals surface area contributed by atoms with Crippen molar-refractivity contribution >= 4 is 74.3 Å². The topological polar surface area (TPSA) is 43.9 Å². The third-order valence-corrected chi connectivity index (χ3v) is 9.04. The molecule has 1 aliphatic rings. The van der Waals surface area contributed by atoms with Gasteiger partial charge in [-0.1, -0.05) is 42.5 Å². The summed E-state index contributed by atoms with van der Waals surface area (Å²) in [5, 5.41) is 1.40. The summed E-state index contributed by atoms with van der Waals surface area (Å²) in [6.45, 7) is 4.55. The second kappa shape index (κ2) is 11.9. The molecule has 2 amide bonds. The molecule has 2 aromatic heterocycles. The number of rotatable bonds is 8. The molecular formula is C31H27N3O2S3. The number of benzene rings is 2. The molecular weight excluding hydrogens is 543 g/mol. The van der Waals surface area contributed by atoms with Crippen molar-refractivity contribution in [2.45, 2.75) is 13.8 Å². The van der Waals surface area contributed by atoms with Gasteiger partial charge < -0.3 is 4.90 Å². The highest BCUT2D eigenvalue weighted by atomic mass is 32.1. The van der Waals surface area contributed by atoms with Crippen molar-refractivity contribution in [3.63, 3.8) is 0 Å². The van der Waals surface area contributed by atoms with E-state index in [1.165, 1.54) is 14.7 Å². The van der Waals surface area contributed by atoms with Gasteiger partial charge in [0.1, 0.15) is 10.6 Å². The van der Waals surface area contributed by atoms with Gasteiger partial charge in [-0.05, 0) is 86.7 Å². The Labute approximate surface area is 241 Å². The van der Waals surface area contributed by atoms with Crippen molar-refractivity contribution < 1.29 is 9.59 Å². The predicted molar refractivity (Wildman–Crippen MR) is 167 cm³/mol. The van der Waals surface area contributed by atoms with Crippen LogP contribution in [-0.4, -0.2) is 39.8 Å². The van der Waals surface area contributed by atoms with Gasteiger partial charge in [-0.3, -0.25) is 19.4 Å². The zero-order valence-corrected chi connectivity index (χ0v) is 24.1. The third-order valence-electron chi connectivity index (χ3n) is 6.28. The molecule has 0 unspecified atom stereocenters. The molecule has 1 fully saturated rings. The molecule has 0 atom stereocenters. The van der Waals surface area contributed by atoms with Crippen LogP contribution in [0.1, 0.15) is 18.7 Å². The first kappa shape index (κ1) is 26.7. The van der Waals surface area contributed by atoms with Gasteiger partial charge in [0.2, 0.25) is 0 Å². The van der Waals surface area contributed by atoms with E-state index in [0.29, 0.717) is 13.1 Å². The van der Waals surface area contributed by atoms with Crippen LogP contribution in [-0.2, 0) is 9.59 Å². The summed E-state index contributed by atoms with van der Waals surface area (Å²) in [7, 11) is 0. The number of carbonyl (C=O) groups excluding carboxylic acids is 2. The second-order valence-electron chi connectivity index (χ2n) is 8.67. The van der Waals surface area contributed by atoms with Gasteiger partial charge in [0.25, 0.3) is 11.8 Å². The molecule has 2 aromatic carbocycles. The van der Waals surface area contributed by atoms with Gasteiger partial charge >= 0.3 is 0 Å². The van der Waals surface area contributed by atoms with Gasteiger partial charge in [0, 0.05) is 39.1 Å². The van der Waals surface area contributed by atoms with Crippen LogP contribution in [0.3, 0.4) is 0 Å². The van der Waals surface area contributed by atoms with Crippen LogP contribution < -0.4 is 4.90 Å². The number of thiocarbonyl (C=S) groups is 1. The number of hydrogen-bond donors (Lipinski definition) is 0. The Kier molecular flexibility index (Phi) is 8.16. The van der Waals surface area contributed by atoms with Crippen LogP contribution in [0.4, 0.5) is 16.4 Å². The first-order valence-electron chi connectivity index (χ1n) is 12.7. The summed E-state index contributed by atoms with van der Waals surface area (Å²) in [5.74, 6) is -0.692. The van der Waals surface area contributed by atoms with Crippen molar-refractivity contribution in [2.75, 3.05) is 18.0 Å². The van der Waals surface area contributed by atoms with Crippen LogP contribution in [0.25, 0.3) is 15.8 Å². The molecule has 0 saturated carbocycles. The SMILES string of the molecule is CCN1C(=O)C(=C/C=C/c2ccc(-c3ccc(N(c4ccccc4)c4ccccc4)s3)s2)C(=O)N(CC)C1=S. The third kappa shape index (κ3) is 5.49. The van der Waals surface area contributed by atoms with Crippen molar-refractivity contribution in [1.29, 1.82) is 0 Å². The van der Waals surface area contributed by atoms with Gasteiger partial charge in [-0.25, -0.2) is 0 Å². The van der Waals surface area contributed by atoms with Gasteiger partial charge in [-0.2, -0.15) is 0 Å². The Morgan fingerprint density at radius 1 is 0.744 bits per heavy atom. The molecule has 1 aliphatic heterocycles. The average molecular weight is 570 g/mol. The minimum absolute atomic E-state index is 0.130. The van der Waals surface area contributed by atoms with E-state index in [9.17, 15) is 9.59 Å². The maximum absolute atomic E-state index is 12.8. The fourth-order valence-corrected chi connectivity index (χ4v) is 6.84. The Morgan fingerprint density at radius 2 is 1.28 bits per heavy atom. The molecule has 3 heterocycles. The van der Waals surface area contributed by atoms with E-state index in [1.54, 1.807) is 34.8 Å². The summed E-state index contributed by atoms with van der Waals surface area (Å²) in [6.07, 6.45) is 5.29. The lowest BCUT2D eigenvalue weighted by atomic mass is 10.1. The maximum Gasteiger partial charge on any atom is 0.265 e. The number of hydrogen-bond acceptors (Lipinski definition) is 6. The number of likely N-dealkylation sites (N-methyl/N-ethyl adjacent to an activating group) is 2. The number of carbonyl (C=O) groups is 2. The van der Waals surface area contributed by atoms with E-state index in [-0.39, 0.29) is 22.5 Å². The molecule has 0 spiro atoms. The average Bonchev–Trinajstić information content (AvgIpc) is 3.63. The number of nitrogens with zero attached hydrogens (tertiary/aromatic N) is 3. The zero-order chi connectivity index (χ0) is 27.4. The Morgan fingerprint density at radius 3 is 1.85 bits per heavy atom. The lowest BCUT2D eigenvalue weighted by Gasteiger charge is -2.35. The number of anilines is 3. The first-order chi connectivity index (χ1) is 19.0. The fraction of sp³-hybridized carbons (Fsp3) is 0.129. The second-order valence-corrected chi connectivity index (χ2v) is 11.2. The molecule has 8 heteroatoms. The molecule has 4 aromatic rings. The van der Waals surface area contributed by atoms with Crippen LogP contribution in [0.5, 0.6) is 0 Å². The smallest absolute Gasteiger partial charge is 0.265 e. The molecule has 5 nitrogen and oxygen atoms in total. The molecule has 196 valence electrons. The summed E-state index contributed by atoms with van der Waals surface area (Å²) in [4.78, 5) is 34.2. The largest absolute Gasteiger partial charge is 0.302 e. The number of para-hydroxylation sites is 2. The normalized spacial score (nSPS) is 14.0. The van der Waals surface area contributed by atoms with Crippen LogP contribution in [0.2, 0.25) is 0 Å². The minimum atomic E-state index is -0.346. The Balaban J connectivity index is 1.37. The maximum atomic E-state index is 12.8. The minimum Gasteiger partial charge on any atom is -0.302 e. The Bertz CT molecular complexity index is 1490. The molecule has 0 N–H and O–H groups in total. The van der Waals surface area contributed by atoms with Gasteiger partial charge in [-0.15, -0.1) is 22.7 Å². The van der Waals surface area contributed by atoms with E-state index in [4.69, 9.17) is 12.2 Å². The fourth-order valence-electron chi connectivity index (χ4n) is 4.35. The standard InChI is InChI=1S/C31H27N3O2S3/c1-3-32-29(35)25(30(36)33(4-2)31(32)37)17-11-16-24-18-19-26(38-24)27-20-21-28(39-27)34(22-12-7-5-8-13-22)23-14-9-6-10-15-23/h5-21H,3-4H2,1-2H3/b16-11+. The number of thiophene rings is 2. The number of amides is 2. The predicted octanol–water partition coefficient (Wildman–Crippen LogP) is 7.88. The molecule has 0 radical (unpaired) electrons. The number of allylic oxidation sites excluding steroid dienone is 2. The summed E-state index contributed by atoms with van der Waals surface area (Å²) in [6, 6.07) is 29.2. The monoisotopic (exact) mass is 569 g/mol. The highest BCUT2D eigenvalue weighted by Gasteiger charge is 2.37. The summed E-state index contributed by atoms with van der Waals surface area (Å²) < 4.78 is 0. The highest BCUT2D eigenvalue weighted by molar-refractivity contribution is 7.80. The van der Waals surface area contributed by atoms with Gasteiger partial charge in [0.15, 0.2) is 5.11 Å². The van der Waals surface area contributed by atoms with E-state index >= 15 is 0 Å². The molecule has 1 saturated heterocycles. The molecule has 39 heavy (non-hydrogen) atoms. The van der Waals surface area contributed by atoms with Crippen LogP contribution in [0, 0.1) is 0 Å². The van der Waals surface area contributed by atoms with E-state index < -0.39 is 0 Å². The first-order valence-corrected chi connectivity index (χ1v) is 14.7. The van der Waals surface area contributed by atoms with Crippen molar-refractivity contribution in [3.8, 4) is 9.75 Å². The molecule has 5 rings (SSSR count). The Hall–Kier alpha value is -3.85. The summed E-state index contributed by atoms with van der Waals surface area (Å²) >= 11 is 8.73.